The van der Waals surface area contributed by atoms with Crippen LogP contribution < -0.4 is 5.32 Å². The van der Waals surface area contributed by atoms with Crippen molar-refractivity contribution in [2.24, 2.45) is 0 Å². The highest BCUT2D eigenvalue weighted by atomic mass is 79.9. The lowest BCUT2D eigenvalue weighted by Gasteiger charge is -2.11. The molecule has 25 heavy (non-hydrogen) atoms. The molecule has 4 aromatic rings. The zero-order chi connectivity index (χ0) is 17.2. The number of anilines is 1. The number of aromatic nitrogens is 3. The highest BCUT2D eigenvalue weighted by Gasteiger charge is 2.13. The first kappa shape index (κ1) is 16.1. The van der Waals surface area contributed by atoms with E-state index in [1.54, 1.807) is 10.7 Å². The molecule has 0 aliphatic carbocycles. The van der Waals surface area contributed by atoms with E-state index in [1.165, 1.54) is 5.56 Å². The Morgan fingerprint density at radius 1 is 1.04 bits per heavy atom. The van der Waals surface area contributed by atoms with Crippen LogP contribution in [-0.2, 0) is 6.54 Å². The predicted octanol–water partition coefficient (Wildman–Crippen LogP) is 5.42. The Balaban J connectivity index is 1.78. The second kappa shape index (κ2) is 6.86. The molecule has 0 aliphatic heterocycles. The van der Waals surface area contributed by atoms with Crippen LogP contribution in [0.4, 0.5) is 5.82 Å². The quantitative estimate of drug-likeness (QED) is 0.485. The lowest BCUT2D eigenvalue weighted by atomic mass is 10.1. The van der Waals surface area contributed by atoms with Crippen molar-refractivity contribution in [3.63, 3.8) is 0 Å². The lowest BCUT2D eigenvalue weighted by Crippen LogP contribution is -2.06. The van der Waals surface area contributed by atoms with E-state index in [0.717, 1.165) is 27.2 Å². The van der Waals surface area contributed by atoms with Gasteiger partial charge in [-0.2, -0.15) is 9.61 Å². The maximum Gasteiger partial charge on any atom is 0.172 e. The summed E-state index contributed by atoms with van der Waals surface area (Å²) in [5.74, 6) is 0.856. The predicted molar refractivity (Wildman–Crippen MR) is 105 cm³/mol. The van der Waals surface area contributed by atoms with Gasteiger partial charge in [-0.15, -0.1) is 0 Å². The van der Waals surface area contributed by atoms with Crippen LogP contribution >= 0.6 is 27.5 Å². The molecule has 0 saturated heterocycles. The molecule has 0 bridgehead atoms. The summed E-state index contributed by atoms with van der Waals surface area (Å²) in [6.45, 7) is 0.694. The zero-order valence-corrected chi connectivity index (χ0v) is 15.5. The molecule has 0 spiro atoms. The van der Waals surface area contributed by atoms with E-state index in [0.29, 0.717) is 11.6 Å². The topological polar surface area (TPSA) is 42.2 Å². The fraction of sp³-hybridized carbons (Fsp3) is 0.0526. The zero-order valence-electron chi connectivity index (χ0n) is 13.2. The minimum atomic E-state index is 0.670. The largest absolute Gasteiger partial charge is 0.366 e. The van der Waals surface area contributed by atoms with Gasteiger partial charge in [0.05, 0.1) is 16.4 Å². The first-order valence-electron chi connectivity index (χ1n) is 7.79. The van der Waals surface area contributed by atoms with Crippen molar-refractivity contribution in [1.82, 2.24) is 14.6 Å². The van der Waals surface area contributed by atoms with E-state index >= 15 is 0 Å². The maximum atomic E-state index is 6.35. The number of fused-ring (bicyclic) bond motifs is 1. The summed E-state index contributed by atoms with van der Waals surface area (Å²) >= 11 is 9.87. The van der Waals surface area contributed by atoms with Gasteiger partial charge >= 0.3 is 0 Å². The minimum Gasteiger partial charge on any atom is -0.366 e. The number of nitrogens with one attached hydrogen (secondary N) is 1. The van der Waals surface area contributed by atoms with Crippen LogP contribution in [0.3, 0.4) is 0 Å². The van der Waals surface area contributed by atoms with Crippen molar-refractivity contribution in [2.45, 2.75) is 6.54 Å². The van der Waals surface area contributed by atoms with Crippen LogP contribution in [0.25, 0.3) is 16.9 Å². The third-order valence-electron chi connectivity index (χ3n) is 3.90. The second-order valence-corrected chi connectivity index (χ2v) is 6.84. The van der Waals surface area contributed by atoms with E-state index in [1.807, 2.05) is 48.5 Å². The van der Waals surface area contributed by atoms with Crippen LogP contribution in [0.1, 0.15) is 5.56 Å². The van der Waals surface area contributed by atoms with Crippen molar-refractivity contribution in [1.29, 1.82) is 0 Å². The van der Waals surface area contributed by atoms with Crippen molar-refractivity contribution < 1.29 is 0 Å². The summed E-state index contributed by atoms with van der Waals surface area (Å²) in [6, 6.07) is 19.9. The van der Waals surface area contributed by atoms with Crippen LogP contribution in [0.2, 0.25) is 5.02 Å². The summed E-state index contributed by atoms with van der Waals surface area (Å²) in [7, 11) is 0. The minimum absolute atomic E-state index is 0.670. The Kier molecular flexibility index (Phi) is 4.42. The molecule has 0 fully saturated rings. The summed E-state index contributed by atoms with van der Waals surface area (Å²) < 4.78 is 2.62. The van der Waals surface area contributed by atoms with E-state index in [-0.39, 0.29) is 0 Å². The molecule has 4 nitrogen and oxygen atoms in total. The van der Waals surface area contributed by atoms with Crippen LogP contribution in [0, 0.1) is 0 Å². The van der Waals surface area contributed by atoms with Crippen LogP contribution in [0.5, 0.6) is 0 Å². The summed E-state index contributed by atoms with van der Waals surface area (Å²) in [4.78, 5) is 4.71. The summed E-state index contributed by atoms with van der Waals surface area (Å²) in [6.07, 6.45) is 1.74. The number of nitrogens with zero attached hydrogens (tertiary/aromatic N) is 3. The Morgan fingerprint density at radius 2 is 1.80 bits per heavy atom. The smallest absolute Gasteiger partial charge is 0.172 e. The lowest BCUT2D eigenvalue weighted by molar-refractivity contribution is 0.927. The monoisotopic (exact) mass is 412 g/mol. The highest BCUT2D eigenvalue weighted by Crippen LogP contribution is 2.30. The van der Waals surface area contributed by atoms with Gasteiger partial charge in [-0.1, -0.05) is 60.1 Å². The molecule has 2 aromatic carbocycles. The Hall–Kier alpha value is -2.37. The average molecular weight is 414 g/mol. The summed E-state index contributed by atoms with van der Waals surface area (Å²) in [5.41, 5.74) is 3.63. The van der Waals surface area contributed by atoms with Gasteiger partial charge in [-0.05, 0) is 27.6 Å². The fourth-order valence-corrected chi connectivity index (χ4v) is 3.24. The Morgan fingerprint density at radius 3 is 2.60 bits per heavy atom. The van der Waals surface area contributed by atoms with Crippen molar-refractivity contribution >= 4 is 39.0 Å². The molecular weight excluding hydrogens is 400 g/mol. The molecule has 124 valence electrons. The molecule has 2 aromatic heterocycles. The van der Waals surface area contributed by atoms with Crippen LogP contribution in [-0.4, -0.2) is 14.6 Å². The molecule has 1 N–H and O–H groups in total. The molecule has 2 heterocycles. The van der Waals surface area contributed by atoms with E-state index in [9.17, 15) is 0 Å². The first-order chi connectivity index (χ1) is 12.2. The third-order valence-corrected chi connectivity index (χ3v) is 4.78. The van der Waals surface area contributed by atoms with E-state index in [4.69, 9.17) is 16.6 Å². The number of benzene rings is 2. The molecule has 0 saturated carbocycles. The van der Waals surface area contributed by atoms with Crippen molar-refractivity contribution in [3.05, 3.63) is 81.9 Å². The first-order valence-corrected chi connectivity index (χ1v) is 8.96. The molecule has 0 amide bonds. The fourth-order valence-electron chi connectivity index (χ4n) is 2.66. The van der Waals surface area contributed by atoms with Gasteiger partial charge in [0.1, 0.15) is 5.82 Å². The van der Waals surface area contributed by atoms with Gasteiger partial charge in [0.25, 0.3) is 0 Å². The average Bonchev–Trinajstić information content (AvgIpc) is 3.02. The second-order valence-electron chi connectivity index (χ2n) is 5.57. The number of hydrogen-bond donors (Lipinski definition) is 1. The Labute approximate surface area is 158 Å². The van der Waals surface area contributed by atoms with Gasteiger partial charge in [0, 0.05) is 23.2 Å². The molecule has 0 aliphatic rings. The standard InChI is InChI=1S/C19H14BrClN4/c20-15-12-23-25-18(22-11-13-6-2-1-3-7-13)10-17(24-19(15)25)14-8-4-5-9-16(14)21/h1-10,12,22H,11H2. The van der Waals surface area contributed by atoms with Crippen molar-refractivity contribution in [2.75, 3.05) is 5.32 Å². The molecule has 6 heteroatoms. The number of hydrogen-bond acceptors (Lipinski definition) is 3. The molecular formula is C19H14BrClN4. The number of halogens is 2. The van der Waals surface area contributed by atoms with Gasteiger partial charge in [-0.3, -0.25) is 0 Å². The molecule has 0 atom stereocenters. The van der Waals surface area contributed by atoms with Gasteiger partial charge in [0.2, 0.25) is 0 Å². The van der Waals surface area contributed by atoms with Gasteiger partial charge in [0.15, 0.2) is 5.65 Å². The maximum absolute atomic E-state index is 6.35. The van der Waals surface area contributed by atoms with Gasteiger partial charge < -0.3 is 5.32 Å². The number of rotatable bonds is 4. The van der Waals surface area contributed by atoms with E-state index in [2.05, 4.69) is 38.5 Å². The normalized spacial score (nSPS) is 11.0. The molecule has 4 rings (SSSR count). The Bertz CT molecular complexity index is 1030. The molecule has 0 unspecified atom stereocenters. The summed E-state index contributed by atoms with van der Waals surface area (Å²) in [5, 5.41) is 8.51. The third kappa shape index (κ3) is 3.25. The molecule has 0 radical (unpaired) electrons. The highest BCUT2D eigenvalue weighted by molar-refractivity contribution is 9.10. The SMILES string of the molecule is Clc1ccccc1-c1cc(NCc2ccccc2)n2ncc(Br)c2n1. The van der Waals surface area contributed by atoms with E-state index < -0.39 is 0 Å². The van der Waals surface area contributed by atoms with Crippen molar-refractivity contribution in [3.8, 4) is 11.3 Å². The van der Waals surface area contributed by atoms with Crippen LogP contribution in [0.15, 0.2) is 71.3 Å². The van der Waals surface area contributed by atoms with Gasteiger partial charge in [-0.25, -0.2) is 4.98 Å².